The van der Waals surface area contributed by atoms with Crippen LogP contribution < -0.4 is 4.74 Å². The topological polar surface area (TPSA) is 53.1 Å². The van der Waals surface area contributed by atoms with Gasteiger partial charge in [0, 0.05) is 32.7 Å². The fraction of sp³-hybridized carbons (Fsp3) is 0.500. The van der Waals surface area contributed by atoms with Gasteiger partial charge >= 0.3 is 0 Å². The largest absolute Gasteiger partial charge is 0.494 e. The monoisotopic (exact) mass is 357 g/mol. The number of piperazine rings is 1. The van der Waals surface area contributed by atoms with Crippen molar-refractivity contribution in [3.63, 3.8) is 0 Å². The molecule has 0 aromatic heterocycles. The predicted molar refractivity (Wildman–Crippen MR) is 101 cm³/mol. The van der Waals surface area contributed by atoms with E-state index in [4.69, 9.17) is 4.74 Å². The number of hydrogen-bond acceptors (Lipinski definition) is 5. The Morgan fingerprint density at radius 3 is 2.19 bits per heavy atom. The molecule has 6 nitrogen and oxygen atoms in total. The van der Waals surface area contributed by atoms with Crippen LogP contribution in [0.5, 0.6) is 5.75 Å². The van der Waals surface area contributed by atoms with E-state index in [0.29, 0.717) is 24.4 Å². The minimum absolute atomic E-state index is 0.162. The zero-order valence-corrected chi connectivity index (χ0v) is 15.8. The van der Waals surface area contributed by atoms with Gasteiger partial charge in [-0.15, -0.1) is 0 Å². The van der Waals surface area contributed by atoms with Crippen molar-refractivity contribution >= 4 is 17.4 Å². The van der Waals surface area contributed by atoms with Crippen LogP contribution in [-0.4, -0.2) is 72.9 Å². The summed E-state index contributed by atoms with van der Waals surface area (Å²) in [6.45, 7) is 8.24. The summed E-state index contributed by atoms with van der Waals surface area (Å²) in [5.74, 6) is 0.417. The molecule has 1 aromatic carbocycles. The Bertz CT molecular complexity index is 704. The molecule has 0 spiro atoms. The Hall–Kier alpha value is -2.34. The number of amides is 2. The molecule has 0 N–H and O–H groups in total. The number of likely N-dealkylation sites (N-methyl/N-ethyl adjacent to an activating group) is 1. The first-order chi connectivity index (χ1) is 12.6. The van der Waals surface area contributed by atoms with Crippen LogP contribution in [-0.2, 0) is 9.59 Å². The van der Waals surface area contributed by atoms with Gasteiger partial charge in [0.1, 0.15) is 11.4 Å². The van der Waals surface area contributed by atoms with Crippen LogP contribution in [0.2, 0.25) is 0 Å². The van der Waals surface area contributed by atoms with E-state index in [1.54, 1.807) is 0 Å². The van der Waals surface area contributed by atoms with Crippen LogP contribution >= 0.6 is 0 Å². The van der Waals surface area contributed by atoms with Gasteiger partial charge in [-0.1, -0.05) is 19.1 Å². The maximum Gasteiger partial charge on any atom is 0.277 e. The number of carbonyl (C=O) groups is 2. The first kappa shape index (κ1) is 18.5. The Labute approximate surface area is 155 Å². The van der Waals surface area contributed by atoms with E-state index in [1.165, 1.54) is 4.90 Å². The van der Waals surface area contributed by atoms with Gasteiger partial charge in [-0.2, -0.15) is 0 Å². The SMILES string of the molecule is CCCN1C(=O)C(c2ccc(OCC)cc2)=C(N2CCN(C)CC2)C1=O. The van der Waals surface area contributed by atoms with Crippen molar-refractivity contribution in [3.8, 4) is 5.75 Å². The summed E-state index contributed by atoms with van der Waals surface area (Å²) in [5, 5.41) is 0. The van der Waals surface area contributed by atoms with Crippen molar-refractivity contribution in [1.29, 1.82) is 0 Å². The molecule has 2 heterocycles. The van der Waals surface area contributed by atoms with Crippen LogP contribution in [0, 0.1) is 0 Å². The Morgan fingerprint density at radius 2 is 1.62 bits per heavy atom. The van der Waals surface area contributed by atoms with Gasteiger partial charge in [-0.25, -0.2) is 0 Å². The molecule has 0 atom stereocenters. The molecule has 3 rings (SSSR count). The summed E-state index contributed by atoms with van der Waals surface area (Å²) in [5.41, 5.74) is 1.86. The van der Waals surface area contributed by atoms with Crippen LogP contribution in [0.15, 0.2) is 30.0 Å². The molecule has 140 valence electrons. The zero-order valence-electron chi connectivity index (χ0n) is 15.8. The van der Waals surface area contributed by atoms with Gasteiger partial charge < -0.3 is 14.5 Å². The van der Waals surface area contributed by atoms with Crippen LogP contribution in [0.3, 0.4) is 0 Å². The van der Waals surface area contributed by atoms with Crippen molar-refractivity contribution in [2.24, 2.45) is 0 Å². The van der Waals surface area contributed by atoms with E-state index in [2.05, 4.69) is 16.8 Å². The van der Waals surface area contributed by atoms with Crippen molar-refractivity contribution < 1.29 is 14.3 Å². The predicted octanol–water partition coefficient (Wildman–Crippen LogP) is 1.82. The lowest BCUT2D eigenvalue weighted by atomic mass is 10.0. The Balaban J connectivity index is 1.99. The smallest absolute Gasteiger partial charge is 0.277 e. The number of imide groups is 1. The summed E-state index contributed by atoms with van der Waals surface area (Å²) in [7, 11) is 2.07. The zero-order chi connectivity index (χ0) is 18.7. The molecule has 0 radical (unpaired) electrons. The van der Waals surface area contributed by atoms with E-state index >= 15 is 0 Å². The molecular weight excluding hydrogens is 330 g/mol. The van der Waals surface area contributed by atoms with E-state index in [-0.39, 0.29) is 11.8 Å². The maximum atomic E-state index is 13.0. The Morgan fingerprint density at radius 1 is 0.962 bits per heavy atom. The lowest BCUT2D eigenvalue weighted by Gasteiger charge is -2.34. The standard InChI is InChI=1S/C20H27N3O3/c1-4-10-23-19(24)17(15-6-8-16(9-7-15)26-5-2)18(20(23)25)22-13-11-21(3)12-14-22/h6-9H,4-5,10-14H2,1-3H3. The van der Waals surface area contributed by atoms with E-state index in [1.807, 2.05) is 38.1 Å². The first-order valence-corrected chi connectivity index (χ1v) is 9.34. The molecule has 1 aromatic rings. The minimum atomic E-state index is -0.185. The van der Waals surface area contributed by atoms with E-state index < -0.39 is 0 Å². The fourth-order valence-corrected chi connectivity index (χ4v) is 3.46. The number of carbonyl (C=O) groups excluding carboxylic acids is 2. The molecule has 0 unspecified atom stereocenters. The summed E-state index contributed by atoms with van der Waals surface area (Å²) in [4.78, 5) is 31.7. The summed E-state index contributed by atoms with van der Waals surface area (Å²) >= 11 is 0. The van der Waals surface area contributed by atoms with Crippen molar-refractivity contribution in [3.05, 3.63) is 35.5 Å². The van der Waals surface area contributed by atoms with Crippen LogP contribution in [0.4, 0.5) is 0 Å². The third kappa shape index (κ3) is 3.46. The quantitative estimate of drug-likeness (QED) is 0.727. The minimum Gasteiger partial charge on any atom is -0.494 e. The molecular formula is C20H27N3O3. The number of rotatable bonds is 6. The van der Waals surface area contributed by atoms with Gasteiger partial charge in [0.2, 0.25) is 0 Å². The Kier molecular flexibility index (Phi) is 5.61. The average Bonchev–Trinajstić information content (AvgIpc) is 2.88. The van der Waals surface area contributed by atoms with Crippen molar-refractivity contribution in [2.45, 2.75) is 20.3 Å². The highest BCUT2D eigenvalue weighted by Crippen LogP contribution is 2.33. The lowest BCUT2D eigenvalue weighted by Crippen LogP contribution is -2.46. The van der Waals surface area contributed by atoms with Gasteiger partial charge in [0.05, 0.1) is 12.2 Å². The van der Waals surface area contributed by atoms with E-state index in [0.717, 1.165) is 43.9 Å². The molecule has 1 fully saturated rings. The molecule has 0 saturated carbocycles. The molecule has 2 aliphatic rings. The van der Waals surface area contributed by atoms with Gasteiger partial charge in [-0.3, -0.25) is 14.5 Å². The van der Waals surface area contributed by atoms with Gasteiger partial charge in [0.25, 0.3) is 11.8 Å². The summed E-state index contributed by atoms with van der Waals surface area (Å²) in [6.07, 6.45) is 0.754. The highest BCUT2D eigenvalue weighted by molar-refractivity contribution is 6.35. The third-order valence-electron chi connectivity index (χ3n) is 4.86. The second kappa shape index (κ2) is 7.91. The van der Waals surface area contributed by atoms with Crippen LogP contribution in [0.25, 0.3) is 5.57 Å². The molecule has 26 heavy (non-hydrogen) atoms. The van der Waals surface area contributed by atoms with Gasteiger partial charge in [0.15, 0.2) is 0 Å². The molecule has 2 amide bonds. The molecule has 6 heteroatoms. The first-order valence-electron chi connectivity index (χ1n) is 9.34. The number of benzene rings is 1. The molecule has 0 bridgehead atoms. The molecule has 0 aliphatic carbocycles. The lowest BCUT2D eigenvalue weighted by molar-refractivity contribution is -0.137. The summed E-state index contributed by atoms with van der Waals surface area (Å²) in [6, 6.07) is 7.45. The third-order valence-corrected chi connectivity index (χ3v) is 4.86. The number of hydrogen-bond donors (Lipinski definition) is 0. The number of nitrogens with zero attached hydrogens (tertiary/aromatic N) is 3. The van der Waals surface area contributed by atoms with Crippen molar-refractivity contribution in [2.75, 3.05) is 46.4 Å². The van der Waals surface area contributed by atoms with Gasteiger partial charge in [-0.05, 0) is 38.1 Å². The maximum absolute atomic E-state index is 13.0. The normalized spacial score (nSPS) is 18.9. The number of ether oxygens (including phenoxy) is 1. The second-order valence-electron chi connectivity index (χ2n) is 6.73. The second-order valence-corrected chi connectivity index (χ2v) is 6.73. The average molecular weight is 357 g/mol. The van der Waals surface area contributed by atoms with E-state index in [9.17, 15) is 9.59 Å². The summed E-state index contributed by atoms with van der Waals surface area (Å²) < 4.78 is 5.49. The molecule has 1 saturated heterocycles. The highest BCUT2D eigenvalue weighted by atomic mass is 16.5. The van der Waals surface area contributed by atoms with Crippen LogP contribution in [0.1, 0.15) is 25.8 Å². The fourth-order valence-electron chi connectivity index (χ4n) is 3.46. The van der Waals surface area contributed by atoms with Crippen molar-refractivity contribution in [1.82, 2.24) is 14.7 Å². The highest BCUT2D eigenvalue weighted by Gasteiger charge is 2.41. The molecule has 2 aliphatic heterocycles.